The van der Waals surface area contributed by atoms with Gasteiger partial charge in [-0.25, -0.2) is 0 Å². The zero-order valence-electron chi connectivity index (χ0n) is 15.1. The fraction of sp³-hybridized carbons (Fsp3) is 0.381. The van der Waals surface area contributed by atoms with E-state index in [2.05, 4.69) is 4.90 Å². The van der Waals surface area contributed by atoms with Crippen LogP contribution in [0.3, 0.4) is 0 Å². The Morgan fingerprint density at radius 1 is 1.07 bits per heavy atom. The highest BCUT2D eigenvalue weighted by atomic mass is 35.5. The van der Waals surface area contributed by atoms with Gasteiger partial charge in [-0.2, -0.15) is 0 Å². The molecule has 2 aliphatic heterocycles. The van der Waals surface area contributed by atoms with Gasteiger partial charge in [0.25, 0.3) is 5.91 Å². The third kappa shape index (κ3) is 4.32. The molecule has 1 unspecified atom stereocenters. The highest BCUT2D eigenvalue weighted by Gasteiger charge is 2.32. The average molecular weight is 403 g/mol. The summed E-state index contributed by atoms with van der Waals surface area (Å²) in [5.41, 5.74) is 3.07. The van der Waals surface area contributed by atoms with Crippen molar-refractivity contribution in [3.63, 3.8) is 0 Å². The Kier molecular flexibility index (Phi) is 6.03. The molecule has 142 valence electrons. The van der Waals surface area contributed by atoms with Gasteiger partial charge < -0.3 is 4.74 Å². The average Bonchev–Trinajstić information content (AvgIpc) is 2.72. The highest BCUT2D eigenvalue weighted by molar-refractivity contribution is 7.96. The van der Waals surface area contributed by atoms with Crippen molar-refractivity contribution >= 4 is 29.5 Å². The van der Waals surface area contributed by atoms with Crippen LogP contribution in [0.4, 0.5) is 0 Å². The van der Waals surface area contributed by atoms with E-state index < -0.39 is 0 Å². The van der Waals surface area contributed by atoms with Crippen LogP contribution in [0, 0.1) is 0 Å². The van der Waals surface area contributed by atoms with Crippen molar-refractivity contribution in [3.8, 4) is 0 Å². The summed E-state index contributed by atoms with van der Waals surface area (Å²) in [5, 5.41) is 0.716. The summed E-state index contributed by atoms with van der Waals surface area (Å²) in [6.07, 6.45) is 0.891. The fourth-order valence-electron chi connectivity index (χ4n) is 3.64. The normalized spacial score (nSPS) is 19.0. The van der Waals surface area contributed by atoms with Crippen molar-refractivity contribution in [1.29, 1.82) is 0 Å². The molecule has 6 heteroatoms. The summed E-state index contributed by atoms with van der Waals surface area (Å²) in [6.45, 7) is 4.43. The summed E-state index contributed by atoms with van der Waals surface area (Å²) in [5.74, 6) is 0.924. The van der Waals surface area contributed by atoms with Crippen LogP contribution in [-0.4, -0.2) is 48.0 Å². The standard InChI is InChI=1S/C21H23ClN2O2S/c22-18-7-5-16(6-8-18)20(9-10-23-11-13-26-14-12-23)24-21(25)19-4-2-1-3-17(19)15-27-24/h1-8,20H,9-15H2. The maximum atomic E-state index is 13.2. The first-order chi connectivity index (χ1) is 13.2. The molecule has 2 aromatic rings. The number of carbonyl (C=O) groups is 1. The van der Waals surface area contributed by atoms with Crippen LogP contribution in [0.25, 0.3) is 0 Å². The Labute approximate surface area is 169 Å². The van der Waals surface area contributed by atoms with Crippen LogP contribution in [0.1, 0.15) is 33.9 Å². The number of carbonyl (C=O) groups excluding carboxylic acids is 1. The minimum absolute atomic E-state index is 0.0240. The molecule has 4 nitrogen and oxygen atoms in total. The number of nitrogens with zero attached hydrogens (tertiary/aromatic N) is 2. The van der Waals surface area contributed by atoms with Crippen LogP contribution in [-0.2, 0) is 10.5 Å². The number of amides is 1. The molecule has 2 aromatic carbocycles. The van der Waals surface area contributed by atoms with Gasteiger partial charge in [-0.15, -0.1) is 0 Å². The lowest BCUT2D eigenvalue weighted by Gasteiger charge is -2.36. The first-order valence-corrected chi connectivity index (χ1v) is 10.6. The molecular formula is C21H23ClN2O2S. The summed E-state index contributed by atoms with van der Waals surface area (Å²) >= 11 is 7.70. The van der Waals surface area contributed by atoms with Crippen molar-refractivity contribution in [3.05, 3.63) is 70.2 Å². The third-order valence-corrected chi connectivity index (χ3v) is 6.56. The second kappa shape index (κ2) is 8.65. The van der Waals surface area contributed by atoms with Gasteiger partial charge in [-0.3, -0.25) is 14.0 Å². The van der Waals surface area contributed by atoms with Crippen molar-refractivity contribution in [2.24, 2.45) is 0 Å². The number of rotatable bonds is 5. The number of hydrogen-bond donors (Lipinski definition) is 0. The third-order valence-electron chi connectivity index (χ3n) is 5.17. The molecular weight excluding hydrogens is 380 g/mol. The summed E-state index contributed by atoms with van der Waals surface area (Å²) in [7, 11) is 0. The predicted octanol–water partition coefficient (Wildman–Crippen LogP) is 4.41. The van der Waals surface area contributed by atoms with Gasteiger partial charge in [0.1, 0.15) is 0 Å². The molecule has 1 saturated heterocycles. The summed E-state index contributed by atoms with van der Waals surface area (Å²) < 4.78 is 7.42. The number of fused-ring (bicyclic) bond motifs is 1. The second-order valence-corrected chi connectivity index (χ2v) is 8.25. The molecule has 1 amide bonds. The molecule has 0 spiro atoms. The van der Waals surface area contributed by atoms with Crippen LogP contribution in [0.5, 0.6) is 0 Å². The van der Waals surface area contributed by atoms with Crippen LogP contribution >= 0.6 is 23.5 Å². The Hall–Kier alpha value is -1.53. The van der Waals surface area contributed by atoms with Gasteiger partial charge in [0.15, 0.2) is 0 Å². The van der Waals surface area contributed by atoms with Gasteiger partial charge in [-0.1, -0.05) is 41.9 Å². The van der Waals surface area contributed by atoms with Crippen molar-refractivity contribution in [2.45, 2.75) is 18.2 Å². The highest BCUT2D eigenvalue weighted by Crippen LogP contribution is 2.38. The molecule has 0 radical (unpaired) electrons. The SMILES string of the molecule is O=C1c2ccccc2CSN1C(CCN1CCOCC1)c1ccc(Cl)cc1. The number of ether oxygens (including phenoxy) is 1. The van der Waals surface area contributed by atoms with E-state index in [-0.39, 0.29) is 11.9 Å². The van der Waals surface area contributed by atoms with Crippen LogP contribution in [0.2, 0.25) is 5.02 Å². The zero-order valence-corrected chi connectivity index (χ0v) is 16.7. The molecule has 1 fully saturated rings. The lowest BCUT2D eigenvalue weighted by atomic mass is 10.0. The second-order valence-electron chi connectivity index (χ2n) is 6.87. The maximum Gasteiger partial charge on any atom is 0.264 e. The van der Waals surface area contributed by atoms with Crippen molar-refractivity contribution in [1.82, 2.24) is 9.21 Å². The quantitative estimate of drug-likeness (QED) is 0.693. The van der Waals surface area contributed by atoms with Gasteiger partial charge in [0.2, 0.25) is 0 Å². The van der Waals surface area contributed by atoms with E-state index in [1.165, 1.54) is 0 Å². The van der Waals surface area contributed by atoms with Gasteiger partial charge in [0, 0.05) is 36.0 Å². The summed E-state index contributed by atoms with van der Waals surface area (Å²) in [6, 6.07) is 15.8. The Morgan fingerprint density at radius 2 is 1.81 bits per heavy atom. The molecule has 0 aliphatic carbocycles. The van der Waals surface area contributed by atoms with E-state index in [1.807, 2.05) is 52.8 Å². The fourth-order valence-corrected chi connectivity index (χ4v) is 4.92. The topological polar surface area (TPSA) is 32.8 Å². The van der Waals surface area contributed by atoms with Gasteiger partial charge >= 0.3 is 0 Å². The first kappa shape index (κ1) is 18.8. The number of hydrogen-bond acceptors (Lipinski definition) is 4. The molecule has 2 heterocycles. The first-order valence-electron chi connectivity index (χ1n) is 9.32. The minimum atomic E-state index is 0.0240. The van der Waals surface area contributed by atoms with E-state index in [4.69, 9.17) is 16.3 Å². The molecule has 0 saturated carbocycles. The summed E-state index contributed by atoms with van der Waals surface area (Å²) in [4.78, 5) is 15.6. The van der Waals surface area contributed by atoms with Gasteiger partial charge in [0.05, 0.1) is 19.3 Å². The van der Waals surface area contributed by atoms with E-state index in [0.717, 1.165) is 61.7 Å². The van der Waals surface area contributed by atoms with Crippen LogP contribution < -0.4 is 0 Å². The van der Waals surface area contributed by atoms with Gasteiger partial charge in [-0.05, 0) is 47.7 Å². The molecule has 1 atom stereocenters. The minimum Gasteiger partial charge on any atom is -0.379 e. The number of halogens is 1. The van der Waals surface area contributed by atoms with E-state index in [9.17, 15) is 4.79 Å². The number of morpholine rings is 1. The lowest BCUT2D eigenvalue weighted by Crippen LogP contribution is -2.39. The smallest absolute Gasteiger partial charge is 0.264 e. The molecule has 27 heavy (non-hydrogen) atoms. The zero-order chi connectivity index (χ0) is 18.6. The lowest BCUT2D eigenvalue weighted by molar-refractivity contribution is 0.0347. The largest absolute Gasteiger partial charge is 0.379 e. The van der Waals surface area contributed by atoms with Crippen LogP contribution in [0.15, 0.2) is 48.5 Å². The maximum absolute atomic E-state index is 13.2. The van der Waals surface area contributed by atoms with E-state index >= 15 is 0 Å². The Morgan fingerprint density at radius 3 is 2.59 bits per heavy atom. The molecule has 4 rings (SSSR count). The Balaban J connectivity index is 1.57. The molecule has 2 aliphatic rings. The Bertz CT molecular complexity index is 793. The van der Waals surface area contributed by atoms with Crippen molar-refractivity contribution < 1.29 is 9.53 Å². The predicted molar refractivity (Wildman–Crippen MR) is 110 cm³/mol. The molecule has 0 aromatic heterocycles. The van der Waals surface area contributed by atoms with Crippen molar-refractivity contribution in [2.75, 3.05) is 32.8 Å². The van der Waals surface area contributed by atoms with E-state index in [0.29, 0.717) is 5.02 Å². The molecule has 0 bridgehead atoms. The monoisotopic (exact) mass is 402 g/mol. The number of benzene rings is 2. The van der Waals surface area contributed by atoms with E-state index in [1.54, 1.807) is 11.9 Å². The molecule has 0 N–H and O–H groups in total.